The Bertz CT molecular complexity index is 469. The molecule has 2 N–H and O–H groups in total. The molecule has 2 rings (SSSR count). The van der Waals surface area contributed by atoms with E-state index in [1.54, 1.807) is 6.92 Å². The molecule has 0 spiro atoms. The number of aliphatic carboxylic acids is 1. The first-order valence-corrected chi connectivity index (χ1v) is 8.19. The average Bonchev–Trinajstić information content (AvgIpc) is 2.53. The minimum atomic E-state index is -1.61. The Morgan fingerprint density at radius 1 is 1.00 bits per heavy atom. The number of Topliss-reactive ketones (excluding diaryl/α,β-unsaturated/α-hetero) is 1. The number of amides is 1. The third kappa shape index (κ3) is 2.76. The molecule has 6 heteroatoms. The summed E-state index contributed by atoms with van der Waals surface area (Å²) in [5.41, 5.74) is -2.92. The number of carboxylic acid groups (broad SMARTS) is 1. The number of aliphatic hydroxyl groups is 1. The number of hydrogen-bond donors (Lipinski definition) is 2. The minimum absolute atomic E-state index is 0.264. The van der Waals surface area contributed by atoms with Crippen molar-refractivity contribution in [3.63, 3.8) is 0 Å². The molecule has 0 aromatic rings. The predicted molar refractivity (Wildman–Crippen MR) is 79.3 cm³/mol. The quantitative estimate of drug-likeness (QED) is 0.767. The van der Waals surface area contributed by atoms with Gasteiger partial charge in [0.05, 0.1) is 0 Å². The Morgan fingerprint density at radius 2 is 1.59 bits per heavy atom. The predicted octanol–water partition coefficient (Wildman–Crippen LogP) is 1.50. The number of carbonyl (C=O) groups is 3. The molecule has 1 aliphatic heterocycles. The molecule has 2 fully saturated rings. The topological polar surface area (TPSA) is 94.9 Å². The SMILES string of the molecule is CCC1(C(=O)O)CCCCN1C(=O)C(=O)C1(O)CCCCC1. The molecule has 1 amide bonds. The molecular formula is C16H25NO5. The fourth-order valence-electron chi connectivity index (χ4n) is 3.76. The first-order chi connectivity index (χ1) is 10.4. The van der Waals surface area contributed by atoms with Gasteiger partial charge >= 0.3 is 5.97 Å². The van der Waals surface area contributed by atoms with Crippen molar-refractivity contribution in [2.24, 2.45) is 0 Å². The fraction of sp³-hybridized carbons (Fsp3) is 0.812. The van der Waals surface area contributed by atoms with Gasteiger partial charge in [0, 0.05) is 6.54 Å². The van der Waals surface area contributed by atoms with Gasteiger partial charge in [-0.1, -0.05) is 26.2 Å². The maximum absolute atomic E-state index is 12.6. The van der Waals surface area contributed by atoms with Crippen molar-refractivity contribution < 1.29 is 24.6 Å². The van der Waals surface area contributed by atoms with Gasteiger partial charge < -0.3 is 15.1 Å². The summed E-state index contributed by atoms with van der Waals surface area (Å²) >= 11 is 0. The Morgan fingerprint density at radius 3 is 2.14 bits per heavy atom. The summed E-state index contributed by atoms with van der Waals surface area (Å²) in [5.74, 6) is -2.71. The number of carboxylic acids is 1. The van der Waals surface area contributed by atoms with Gasteiger partial charge in [-0.15, -0.1) is 0 Å². The van der Waals surface area contributed by atoms with Crippen LogP contribution in [0.1, 0.15) is 64.7 Å². The van der Waals surface area contributed by atoms with Crippen molar-refractivity contribution >= 4 is 17.7 Å². The van der Waals surface area contributed by atoms with Gasteiger partial charge in [0.25, 0.3) is 11.7 Å². The van der Waals surface area contributed by atoms with Crippen molar-refractivity contribution in [1.82, 2.24) is 4.90 Å². The maximum atomic E-state index is 12.6. The average molecular weight is 311 g/mol. The smallest absolute Gasteiger partial charge is 0.329 e. The molecule has 0 aromatic heterocycles. The summed E-state index contributed by atoms with van der Waals surface area (Å²) in [6, 6.07) is 0. The summed E-state index contributed by atoms with van der Waals surface area (Å²) in [6.07, 6.45) is 4.99. The molecule has 1 aliphatic carbocycles. The van der Waals surface area contributed by atoms with Crippen LogP contribution in [0.25, 0.3) is 0 Å². The van der Waals surface area contributed by atoms with E-state index in [0.717, 1.165) is 12.8 Å². The lowest BCUT2D eigenvalue weighted by Crippen LogP contribution is -2.63. The van der Waals surface area contributed by atoms with Crippen molar-refractivity contribution in [3.05, 3.63) is 0 Å². The Labute approximate surface area is 130 Å². The second kappa shape index (κ2) is 6.36. The molecular weight excluding hydrogens is 286 g/mol. The van der Waals surface area contributed by atoms with Gasteiger partial charge in [0.1, 0.15) is 11.1 Å². The number of nitrogens with zero attached hydrogens (tertiary/aromatic N) is 1. The third-order valence-electron chi connectivity index (χ3n) is 5.26. The normalized spacial score (nSPS) is 28.2. The molecule has 0 bridgehead atoms. The molecule has 0 aromatic carbocycles. The van der Waals surface area contributed by atoms with Crippen LogP contribution in [-0.2, 0) is 14.4 Å². The second-order valence-corrected chi connectivity index (χ2v) is 6.53. The molecule has 1 saturated heterocycles. The molecule has 1 unspecified atom stereocenters. The standard InChI is InChI=1S/C16H25NO5/c1-2-15(14(20)21)8-6-7-11-17(15)13(19)12(18)16(22)9-4-3-5-10-16/h22H,2-11H2,1H3,(H,20,21). The van der Waals surface area contributed by atoms with Crippen molar-refractivity contribution in [2.75, 3.05) is 6.54 Å². The first-order valence-electron chi connectivity index (χ1n) is 8.19. The van der Waals surface area contributed by atoms with Crippen LogP contribution in [0.15, 0.2) is 0 Å². The summed E-state index contributed by atoms with van der Waals surface area (Å²) < 4.78 is 0. The molecule has 6 nitrogen and oxygen atoms in total. The molecule has 1 atom stereocenters. The number of piperidine rings is 1. The highest BCUT2D eigenvalue weighted by molar-refractivity contribution is 6.39. The first kappa shape index (κ1) is 16.9. The number of hydrogen-bond acceptors (Lipinski definition) is 4. The van der Waals surface area contributed by atoms with E-state index in [0.29, 0.717) is 25.7 Å². The second-order valence-electron chi connectivity index (χ2n) is 6.53. The number of ketones is 1. The highest BCUT2D eigenvalue weighted by Gasteiger charge is 2.51. The van der Waals surface area contributed by atoms with E-state index in [1.165, 1.54) is 4.90 Å². The van der Waals surface area contributed by atoms with Crippen LogP contribution >= 0.6 is 0 Å². The van der Waals surface area contributed by atoms with E-state index in [4.69, 9.17) is 0 Å². The summed E-state index contributed by atoms with van der Waals surface area (Å²) in [6.45, 7) is 1.99. The largest absolute Gasteiger partial charge is 0.479 e. The van der Waals surface area contributed by atoms with Crippen LogP contribution < -0.4 is 0 Å². The summed E-state index contributed by atoms with van der Waals surface area (Å²) in [5, 5.41) is 20.1. The third-order valence-corrected chi connectivity index (χ3v) is 5.26. The van der Waals surface area contributed by atoms with Crippen molar-refractivity contribution in [3.8, 4) is 0 Å². The van der Waals surface area contributed by atoms with Crippen LogP contribution in [0.5, 0.6) is 0 Å². The zero-order valence-corrected chi connectivity index (χ0v) is 13.1. The minimum Gasteiger partial charge on any atom is -0.479 e. The molecule has 1 heterocycles. The van der Waals surface area contributed by atoms with Gasteiger partial charge in [0.2, 0.25) is 0 Å². The van der Waals surface area contributed by atoms with Crippen LogP contribution in [0.3, 0.4) is 0 Å². The van der Waals surface area contributed by atoms with Crippen molar-refractivity contribution in [2.45, 2.75) is 75.9 Å². The number of carbonyl (C=O) groups excluding carboxylic acids is 2. The van der Waals surface area contributed by atoms with Crippen molar-refractivity contribution in [1.29, 1.82) is 0 Å². The number of rotatable bonds is 4. The Hall–Kier alpha value is -1.43. The van der Waals surface area contributed by atoms with Crippen LogP contribution in [0.4, 0.5) is 0 Å². The zero-order chi connectivity index (χ0) is 16.4. The Kier molecular flexibility index (Phi) is 4.90. The van der Waals surface area contributed by atoms with E-state index < -0.39 is 28.8 Å². The van der Waals surface area contributed by atoms with E-state index in [-0.39, 0.29) is 25.8 Å². The monoisotopic (exact) mass is 311 g/mol. The van der Waals surface area contributed by atoms with Crippen LogP contribution in [-0.4, -0.2) is 50.5 Å². The lowest BCUT2D eigenvalue weighted by atomic mass is 9.79. The van der Waals surface area contributed by atoms with Crippen LogP contribution in [0, 0.1) is 0 Å². The number of likely N-dealkylation sites (tertiary alicyclic amines) is 1. The Balaban J connectivity index is 2.25. The molecule has 0 radical (unpaired) electrons. The molecule has 1 saturated carbocycles. The van der Waals surface area contributed by atoms with E-state index in [1.807, 2.05) is 0 Å². The van der Waals surface area contributed by atoms with E-state index in [2.05, 4.69) is 0 Å². The van der Waals surface area contributed by atoms with Gasteiger partial charge in [-0.3, -0.25) is 9.59 Å². The van der Waals surface area contributed by atoms with E-state index >= 15 is 0 Å². The van der Waals surface area contributed by atoms with Gasteiger partial charge in [-0.25, -0.2) is 4.79 Å². The zero-order valence-electron chi connectivity index (χ0n) is 13.1. The maximum Gasteiger partial charge on any atom is 0.329 e. The highest BCUT2D eigenvalue weighted by Crippen LogP contribution is 2.34. The van der Waals surface area contributed by atoms with E-state index in [9.17, 15) is 24.6 Å². The van der Waals surface area contributed by atoms with Gasteiger partial charge in [-0.2, -0.15) is 0 Å². The molecule has 124 valence electrons. The van der Waals surface area contributed by atoms with Gasteiger partial charge in [-0.05, 0) is 38.5 Å². The van der Waals surface area contributed by atoms with Crippen LogP contribution in [0.2, 0.25) is 0 Å². The summed E-state index contributed by atoms with van der Waals surface area (Å²) in [4.78, 5) is 38.1. The van der Waals surface area contributed by atoms with Gasteiger partial charge in [0.15, 0.2) is 0 Å². The molecule has 2 aliphatic rings. The lowest BCUT2D eigenvalue weighted by Gasteiger charge is -2.44. The molecule has 22 heavy (non-hydrogen) atoms. The fourth-order valence-corrected chi connectivity index (χ4v) is 3.76. The lowest BCUT2D eigenvalue weighted by molar-refractivity contribution is -0.170. The summed E-state index contributed by atoms with van der Waals surface area (Å²) in [7, 11) is 0. The highest BCUT2D eigenvalue weighted by atomic mass is 16.4.